The first kappa shape index (κ1) is 18.8. The van der Waals surface area contributed by atoms with Crippen LogP contribution in [-0.2, 0) is 16.0 Å². The molecule has 3 rings (SSSR count). The number of carbonyl (C=O) groups excluding carboxylic acids is 1. The van der Waals surface area contributed by atoms with Crippen LogP contribution in [0.4, 0.5) is 5.69 Å². The quantitative estimate of drug-likeness (QED) is 0.728. The molecule has 7 nitrogen and oxygen atoms in total. The average molecular weight is 368 g/mol. The van der Waals surface area contributed by atoms with E-state index in [-0.39, 0.29) is 17.5 Å². The van der Waals surface area contributed by atoms with Crippen LogP contribution >= 0.6 is 0 Å². The molecule has 7 heteroatoms. The summed E-state index contributed by atoms with van der Waals surface area (Å²) < 4.78 is 4.89. The van der Waals surface area contributed by atoms with Gasteiger partial charge in [-0.25, -0.2) is 0 Å². The Morgan fingerprint density at radius 2 is 2.22 bits per heavy atom. The van der Waals surface area contributed by atoms with E-state index in [1.54, 1.807) is 30.5 Å². The second kappa shape index (κ2) is 8.64. The number of nitrogens with zero attached hydrogens (tertiary/aromatic N) is 2. The Balaban J connectivity index is 1.65. The molecule has 1 aliphatic rings. The molecule has 2 aromatic heterocycles. The Morgan fingerprint density at radius 3 is 2.96 bits per heavy atom. The van der Waals surface area contributed by atoms with Crippen LogP contribution in [0.3, 0.4) is 0 Å². The zero-order chi connectivity index (χ0) is 19.2. The van der Waals surface area contributed by atoms with Gasteiger partial charge < -0.3 is 19.9 Å². The Bertz CT molecular complexity index is 885. The van der Waals surface area contributed by atoms with Gasteiger partial charge in [-0.2, -0.15) is 0 Å². The summed E-state index contributed by atoms with van der Waals surface area (Å²) in [4.78, 5) is 32.9. The number of hydrogen-bond acceptors (Lipinski definition) is 5. The van der Waals surface area contributed by atoms with Gasteiger partial charge >= 0.3 is 0 Å². The van der Waals surface area contributed by atoms with E-state index >= 15 is 0 Å². The topological polar surface area (TPSA) is 87.3 Å². The van der Waals surface area contributed by atoms with E-state index in [0.717, 1.165) is 23.2 Å². The normalized spacial score (nSPS) is 14.4. The van der Waals surface area contributed by atoms with Crippen molar-refractivity contribution in [3.8, 4) is 11.1 Å². The molecule has 2 aromatic rings. The summed E-state index contributed by atoms with van der Waals surface area (Å²) in [5.74, 6) is -0.0448. The van der Waals surface area contributed by atoms with Crippen molar-refractivity contribution < 1.29 is 9.53 Å². The number of pyridine rings is 2. The minimum atomic E-state index is -0.173. The maximum Gasteiger partial charge on any atom is 0.271 e. The third-order valence-electron chi connectivity index (χ3n) is 4.49. The molecule has 1 fully saturated rings. The number of anilines is 1. The molecule has 2 N–H and O–H groups in total. The van der Waals surface area contributed by atoms with E-state index in [0.29, 0.717) is 25.4 Å². The lowest BCUT2D eigenvalue weighted by Crippen LogP contribution is -2.57. The van der Waals surface area contributed by atoms with Crippen LogP contribution < -0.4 is 10.9 Å². The number of aromatic nitrogens is 2. The Labute approximate surface area is 158 Å². The second-order valence-electron chi connectivity index (χ2n) is 6.46. The number of ether oxygens (including phenoxy) is 1. The maximum absolute atomic E-state index is 12.2. The smallest absolute Gasteiger partial charge is 0.271 e. The minimum Gasteiger partial charge on any atom is -0.381 e. The second-order valence-corrected chi connectivity index (χ2v) is 6.46. The van der Waals surface area contributed by atoms with E-state index in [9.17, 15) is 9.59 Å². The summed E-state index contributed by atoms with van der Waals surface area (Å²) in [6.07, 6.45) is 7.55. The molecule has 0 unspecified atom stereocenters. The number of rotatable bonds is 7. The van der Waals surface area contributed by atoms with Crippen molar-refractivity contribution in [1.29, 1.82) is 0 Å². The summed E-state index contributed by atoms with van der Waals surface area (Å²) >= 11 is 0. The van der Waals surface area contributed by atoms with E-state index < -0.39 is 0 Å². The highest BCUT2D eigenvalue weighted by Crippen LogP contribution is 2.21. The number of aryl methyl sites for hydroxylation is 1. The molecule has 142 valence electrons. The van der Waals surface area contributed by atoms with Crippen molar-refractivity contribution in [1.82, 2.24) is 14.9 Å². The number of amides is 1. The average Bonchev–Trinajstić information content (AvgIpc) is 2.65. The lowest BCUT2D eigenvalue weighted by atomic mass is 10.1. The summed E-state index contributed by atoms with van der Waals surface area (Å²) in [7, 11) is 1.58. The molecule has 0 bridgehead atoms. The van der Waals surface area contributed by atoms with Gasteiger partial charge in [0.1, 0.15) is 5.69 Å². The van der Waals surface area contributed by atoms with Gasteiger partial charge in [-0.05, 0) is 30.2 Å². The summed E-state index contributed by atoms with van der Waals surface area (Å²) in [6.45, 7) is 3.60. The monoisotopic (exact) mass is 368 g/mol. The van der Waals surface area contributed by atoms with Crippen molar-refractivity contribution >= 4 is 11.6 Å². The van der Waals surface area contributed by atoms with Crippen LogP contribution in [0.2, 0.25) is 0 Å². The zero-order valence-electron chi connectivity index (χ0n) is 15.6. The van der Waals surface area contributed by atoms with Gasteiger partial charge in [-0.3, -0.25) is 14.6 Å². The van der Waals surface area contributed by atoms with Gasteiger partial charge in [0.15, 0.2) is 0 Å². The number of nitrogens with one attached hydrogen (secondary N) is 2. The van der Waals surface area contributed by atoms with Gasteiger partial charge in [0.25, 0.3) is 5.56 Å². The van der Waals surface area contributed by atoms with Crippen molar-refractivity contribution in [2.75, 3.05) is 32.1 Å². The molecular weight excluding hydrogens is 344 g/mol. The van der Waals surface area contributed by atoms with Crippen molar-refractivity contribution in [2.45, 2.75) is 19.4 Å². The molecule has 0 aromatic carbocycles. The third kappa shape index (κ3) is 4.62. The third-order valence-corrected chi connectivity index (χ3v) is 4.49. The molecule has 0 aliphatic carbocycles. The molecule has 0 atom stereocenters. The molecular formula is C20H24N4O3. The number of aromatic amines is 1. The van der Waals surface area contributed by atoms with E-state index in [4.69, 9.17) is 4.74 Å². The van der Waals surface area contributed by atoms with Crippen LogP contribution in [0.1, 0.15) is 12.6 Å². The van der Waals surface area contributed by atoms with Crippen LogP contribution in [0.25, 0.3) is 11.1 Å². The van der Waals surface area contributed by atoms with Gasteiger partial charge in [0.05, 0.1) is 12.6 Å². The van der Waals surface area contributed by atoms with E-state index in [2.05, 4.69) is 22.2 Å². The summed E-state index contributed by atoms with van der Waals surface area (Å²) in [6, 6.07) is 5.85. The highest BCUT2D eigenvalue weighted by molar-refractivity contribution is 5.88. The van der Waals surface area contributed by atoms with Gasteiger partial charge in [0.2, 0.25) is 5.91 Å². The SMILES string of the molecule is CCc1cc(-c2c[nH]c(=O)c(NC3CN(C(=O)/C=C/COC)C3)c2)ccn1. The lowest BCUT2D eigenvalue weighted by Gasteiger charge is -2.39. The van der Waals surface area contributed by atoms with Crippen LogP contribution in [0.5, 0.6) is 0 Å². The van der Waals surface area contributed by atoms with Gasteiger partial charge in [-0.15, -0.1) is 0 Å². The van der Waals surface area contributed by atoms with Crippen molar-refractivity contribution in [3.05, 3.63) is 58.8 Å². The lowest BCUT2D eigenvalue weighted by molar-refractivity contribution is -0.129. The number of carbonyl (C=O) groups is 1. The summed E-state index contributed by atoms with van der Waals surface area (Å²) in [5, 5.41) is 3.24. The predicted octanol–water partition coefficient (Wildman–Crippen LogP) is 1.82. The first-order valence-corrected chi connectivity index (χ1v) is 8.99. The van der Waals surface area contributed by atoms with Crippen LogP contribution in [0, 0.1) is 0 Å². The fourth-order valence-electron chi connectivity index (χ4n) is 2.93. The fraction of sp³-hybridized carbons (Fsp3) is 0.350. The fourth-order valence-corrected chi connectivity index (χ4v) is 2.93. The number of likely N-dealkylation sites (tertiary alicyclic amines) is 1. The zero-order valence-corrected chi connectivity index (χ0v) is 15.6. The van der Waals surface area contributed by atoms with E-state index in [1.807, 2.05) is 18.2 Å². The number of H-pyrrole nitrogens is 1. The summed E-state index contributed by atoms with van der Waals surface area (Å²) in [5.41, 5.74) is 3.27. The van der Waals surface area contributed by atoms with Gasteiger partial charge in [-0.1, -0.05) is 13.0 Å². The maximum atomic E-state index is 12.2. The highest BCUT2D eigenvalue weighted by atomic mass is 16.5. The van der Waals surface area contributed by atoms with Crippen molar-refractivity contribution in [3.63, 3.8) is 0 Å². The van der Waals surface area contributed by atoms with Crippen molar-refractivity contribution in [2.24, 2.45) is 0 Å². The largest absolute Gasteiger partial charge is 0.381 e. The Kier molecular flexibility index (Phi) is 6.03. The Morgan fingerprint density at radius 1 is 1.41 bits per heavy atom. The molecule has 1 aliphatic heterocycles. The molecule has 0 spiro atoms. The minimum absolute atomic E-state index is 0.0448. The first-order chi connectivity index (χ1) is 13.1. The molecule has 0 radical (unpaired) electrons. The number of methoxy groups -OCH3 is 1. The Hall–Kier alpha value is -2.93. The first-order valence-electron chi connectivity index (χ1n) is 8.99. The molecule has 1 saturated heterocycles. The van der Waals surface area contributed by atoms with Gasteiger partial charge in [0, 0.05) is 49.9 Å². The highest BCUT2D eigenvalue weighted by Gasteiger charge is 2.29. The van der Waals surface area contributed by atoms with Crippen LogP contribution in [0.15, 0.2) is 47.5 Å². The molecule has 27 heavy (non-hydrogen) atoms. The molecule has 3 heterocycles. The predicted molar refractivity (Wildman–Crippen MR) is 105 cm³/mol. The molecule has 1 amide bonds. The number of hydrogen-bond donors (Lipinski definition) is 2. The van der Waals surface area contributed by atoms with Crippen LogP contribution in [-0.4, -0.2) is 53.6 Å². The molecule has 0 saturated carbocycles. The van der Waals surface area contributed by atoms with E-state index in [1.165, 1.54) is 6.08 Å². The standard InChI is InChI=1S/C20H24N4O3/c1-3-16-9-14(6-7-21-16)15-10-18(20(26)22-11-15)23-17-12-24(13-17)19(25)5-4-8-27-2/h4-7,9-11,17,23H,3,8,12-13H2,1-2H3,(H,22,26)/b5-4+.